The van der Waals surface area contributed by atoms with E-state index >= 15 is 0 Å². The van der Waals surface area contributed by atoms with Gasteiger partial charge in [0.25, 0.3) is 0 Å². The Morgan fingerprint density at radius 3 is 2.85 bits per heavy atom. The summed E-state index contributed by atoms with van der Waals surface area (Å²) >= 11 is 0. The monoisotopic (exact) mass is 282 g/mol. The minimum absolute atomic E-state index is 0.0449. The molecule has 1 aliphatic rings. The number of rotatable bonds is 5. The summed E-state index contributed by atoms with van der Waals surface area (Å²) in [6.45, 7) is 0.244. The Morgan fingerprint density at radius 2 is 2.35 bits per heavy atom. The molecule has 0 amide bonds. The zero-order valence-electron chi connectivity index (χ0n) is 10.8. The van der Waals surface area contributed by atoms with Crippen molar-refractivity contribution >= 4 is 17.3 Å². The minimum Gasteiger partial charge on any atom is -0.490 e. The van der Waals surface area contributed by atoms with E-state index in [1.807, 2.05) is 0 Å². The van der Waals surface area contributed by atoms with E-state index in [4.69, 9.17) is 9.47 Å². The second-order valence-electron chi connectivity index (χ2n) is 4.43. The summed E-state index contributed by atoms with van der Waals surface area (Å²) in [6, 6.07) is 4.45. The van der Waals surface area contributed by atoms with Gasteiger partial charge in [-0.15, -0.1) is 0 Å². The average Bonchev–Trinajstić information content (AvgIpc) is 2.88. The Hall–Kier alpha value is -2.35. The second kappa shape index (κ2) is 5.33. The molecule has 1 saturated heterocycles. The highest BCUT2D eigenvalue weighted by Crippen LogP contribution is 2.37. The smallest absolute Gasteiger partial charge is 0.333 e. The second-order valence-corrected chi connectivity index (χ2v) is 4.43. The lowest BCUT2D eigenvalue weighted by atomic mass is 9.98. The molecule has 2 rings (SSSR count). The maximum Gasteiger partial charge on any atom is 0.333 e. The molecule has 8 nitrogen and oxygen atoms in total. The predicted octanol–water partition coefficient (Wildman–Crippen LogP) is 1.26. The number of carboxylic acid groups (broad SMARTS) is 1. The number of nitro groups is 1. The van der Waals surface area contributed by atoms with Crippen molar-refractivity contribution in [1.29, 1.82) is 0 Å². The molecular formula is C12H14N2O6. The van der Waals surface area contributed by atoms with Gasteiger partial charge in [0, 0.05) is 13.0 Å². The van der Waals surface area contributed by atoms with Gasteiger partial charge < -0.3 is 19.9 Å². The molecule has 0 bridgehead atoms. The molecule has 1 fully saturated rings. The van der Waals surface area contributed by atoms with E-state index in [0.717, 1.165) is 0 Å². The summed E-state index contributed by atoms with van der Waals surface area (Å²) in [5.74, 6) is -1.04. The lowest BCUT2D eigenvalue weighted by Gasteiger charge is -2.25. The molecule has 1 atom stereocenters. The van der Waals surface area contributed by atoms with Gasteiger partial charge in [0.1, 0.15) is 5.69 Å². The van der Waals surface area contributed by atoms with Gasteiger partial charge in [-0.2, -0.15) is 0 Å². The highest BCUT2D eigenvalue weighted by atomic mass is 16.6. The molecule has 1 aromatic carbocycles. The number of benzene rings is 1. The zero-order chi connectivity index (χ0) is 14.8. The van der Waals surface area contributed by atoms with Crippen LogP contribution >= 0.6 is 0 Å². The van der Waals surface area contributed by atoms with Gasteiger partial charge in [-0.1, -0.05) is 6.07 Å². The largest absolute Gasteiger partial charge is 0.490 e. The van der Waals surface area contributed by atoms with Crippen molar-refractivity contribution < 1.29 is 24.3 Å². The Morgan fingerprint density at radius 1 is 1.60 bits per heavy atom. The fourth-order valence-electron chi connectivity index (χ4n) is 2.12. The number of nitrogens with one attached hydrogen (secondary N) is 1. The van der Waals surface area contributed by atoms with Crippen molar-refractivity contribution in [2.75, 3.05) is 25.6 Å². The molecule has 20 heavy (non-hydrogen) atoms. The first-order valence-electron chi connectivity index (χ1n) is 5.91. The molecule has 1 heterocycles. The molecule has 0 saturated carbocycles. The van der Waals surface area contributed by atoms with E-state index < -0.39 is 16.4 Å². The van der Waals surface area contributed by atoms with Gasteiger partial charge in [-0.05, 0) is 12.1 Å². The molecule has 2 N–H and O–H groups in total. The van der Waals surface area contributed by atoms with E-state index in [2.05, 4.69) is 5.32 Å². The fourth-order valence-corrected chi connectivity index (χ4v) is 2.12. The highest BCUT2D eigenvalue weighted by molar-refractivity contribution is 5.85. The van der Waals surface area contributed by atoms with Crippen LogP contribution < -0.4 is 10.1 Å². The number of nitrogens with zero attached hydrogens (tertiary/aromatic N) is 1. The van der Waals surface area contributed by atoms with Crippen LogP contribution in [0.3, 0.4) is 0 Å². The number of hydrogen-bond donors (Lipinski definition) is 2. The molecular weight excluding hydrogens is 268 g/mol. The standard InChI is InChI=1S/C12H14N2O6/c1-19-9-4-2-3-8(10(9)14(17)18)13-12(11(15)16)5-6-20-7-12/h2-4,13H,5-7H2,1H3,(H,15,16). The molecule has 1 unspecified atom stereocenters. The summed E-state index contributed by atoms with van der Waals surface area (Å²) in [6.07, 6.45) is 0.233. The Labute approximate surface area is 114 Å². The van der Waals surface area contributed by atoms with E-state index in [-0.39, 0.29) is 36.8 Å². The van der Waals surface area contributed by atoms with Gasteiger partial charge in [0.05, 0.1) is 18.6 Å². The maximum atomic E-state index is 11.4. The molecule has 108 valence electrons. The van der Waals surface area contributed by atoms with Gasteiger partial charge >= 0.3 is 11.7 Å². The van der Waals surface area contributed by atoms with Crippen LogP contribution in [0.5, 0.6) is 5.75 Å². The third-order valence-corrected chi connectivity index (χ3v) is 3.21. The molecule has 1 aliphatic heterocycles. The normalized spacial score (nSPS) is 21.4. The number of hydrogen-bond acceptors (Lipinski definition) is 6. The third kappa shape index (κ3) is 2.37. The topological polar surface area (TPSA) is 111 Å². The first-order chi connectivity index (χ1) is 9.50. The quantitative estimate of drug-likeness (QED) is 0.617. The third-order valence-electron chi connectivity index (χ3n) is 3.21. The van der Waals surface area contributed by atoms with E-state index in [1.54, 1.807) is 6.07 Å². The SMILES string of the molecule is COc1cccc(NC2(C(=O)O)CCOC2)c1[N+](=O)[O-]. The van der Waals surface area contributed by atoms with Crippen LogP contribution in [0.25, 0.3) is 0 Å². The van der Waals surface area contributed by atoms with Crippen molar-refractivity contribution in [2.45, 2.75) is 12.0 Å². The number of para-hydroxylation sites is 1. The van der Waals surface area contributed by atoms with Gasteiger partial charge in [-0.25, -0.2) is 4.79 Å². The van der Waals surface area contributed by atoms with E-state index in [1.165, 1.54) is 19.2 Å². The summed E-state index contributed by atoms with van der Waals surface area (Å²) in [5.41, 5.74) is -1.54. The Balaban J connectivity index is 2.42. The number of carbonyl (C=O) groups is 1. The van der Waals surface area contributed by atoms with Crippen molar-refractivity contribution in [3.8, 4) is 5.75 Å². The molecule has 0 radical (unpaired) electrons. The summed E-state index contributed by atoms with van der Waals surface area (Å²) in [4.78, 5) is 22.0. The summed E-state index contributed by atoms with van der Waals surface area (Å²) < 4.78 is 10.1. The molecule has 1 aromatic rings. The fraction of sp³-hybridized carbons (Fsp3) is 0.417. The van der Waals surface area contributed by atoms with Gasteiger partial charge in [0.15, 0.2) is 11.3 Å². The van der Waals surface area contributed by atoms with Crippen molar-refractivity contribution in [1.82, 2.24) is 0 Å². The summed E-state index contributed by atoms with van der Waals surface area (Å²) in [7, 11) is 1.32. The Kier molecular flexibility index (Phi) is 3.75. The Bertz CT molecular complexity index is 539. The van der Waals surface area contributed by atoms with E-state index in [9.17, 15) is 20.0 Å². The minimum atomic E-state index is -1.35. The van der Waals surface area contributed by atoms with Crippen molar-refractivity contribution in [3.63, 3.8) is 0 Å². The highest BCUT2D eigenvalue weighted by Gasteiger charge is 2.44. The van der Waals surface area contributed by atoms with Crippen LogP contribution in [0.15, 0.2) is 18.2 Å². The molecule has 0 spiro atoms. The van der Waals surface area contributed by atoms with Crippen LogP contribution in [0.4, 0.5) is 11.4 Å². The number of ether oxygens (including phenoxy) is 2. The number of nitro benzene ring substituents is 1. The van der Waals surface area contributed by atoms with Crippen LogP contribution in [-0.4, -0.2) is 41.9 Å². The summed E-state index contributed by atoms with van der Waals surface area (Å²) in [5, 5.41) is 23.2. The van der Waals surface area contributed by atoms with Crippen LogP contribution in [-0.2, 0) is 9.53 Å². The molecule has 0 aliphatic carbocycles. The first-order valence-corrected chi connectivity index (χ1v) is 5.91. The molecule has 8 heteroatoms. The maximum absolute atomic E-state index is 11.4. The van der Waals surface area contributed by atoms with Crippen molar-refractivity contribution in [3.05, 3.63) is 28.3 Å². The van der Waals surface area contributed by atoms with Crippen LogP contribution in [0.1, 0.15) is 6.42 Å². The lowest BCUT2D eigenvalue weighted by molar-refractivity contribution is -0.384. The molecule has 0 aromatic heterocycles. The van der Waals surface area contributed by atoms with E-state index in [0.29, 0.717) is 0 Å². The number of methoxy groups -OCH3 is 1. The average molecular weight is 282 g/mol. The van der Waals surface area contributed by atoms with Crippen LogP contribution in [0, 0.1) is 10.1 Å². The van der Waals surface area contributed by atoms with Crippen molar-refractivity contribution in [2.24, 2.45) is 0 Å². The first kappa shape index (κ1) is 14.1. The zero-order valence-corrected chi connectivity index (χ0v) is 10.8. The van der Waals surface area contributed by atoms with Crippen LogP contribution in [0.2, 0.25) is 0 Å². The van der Waals surface area contributed by atoms with Gasteiger partial charge in [-0.3, -0.25) is 10.1 Å². The predicted molar refractivity (Wildman–Crippen MR) is 69.1 cm³/mol. The van der Waals surface area contributed by atoms with Gasteiger partial charge in [0.2, 0.25) is 0 Å². The number of aliphatic carboxylic acids is 1. The number of carboxylic acids is 1. The lowest BCUT2D eigenvalue weighted by Crippen LogP contribution is -2.47. The number of anilines is 1.